The van der Waals surface area contributed by atoms with Crippen LogP contribution in [0.4, 0.5) is 0 Å². The number of carbonyl (C=O) groups excluding carboxylic acids is 2. The van der Waals surface area contributed by atoms with Crippen LogP contribution in [-0.4, -0.2) is 54.5 Å². The Labute approximate surface area is 114 Å². The molecule has 2 fully saturated rings. The molecule has 5 nitrogen and oxygen atoms in total. The van der Waals surface area contributed by atoms with Gasteiger partial charge in [0.05, 0.1) is 24.8 Å². The number of ketones is 1. The minimum Gasteiger partial charge on any atom is -0.372 e. The number of likely N-dealkylation sites (tertiary alicyclic amines) is 1. The first-order valence-corrected chi connectivity index (χ1v) is 7.13. The van der Waals surface area contributed by atoms with Crippen LogP contribution in [0.25, 0.3) is 0 Å². The van der Waals surface area contributed by atoms with E-state index in [-0.39, 0.29) is 23.7 Å². The molecule has 0 radical (unpaired) electrons. The number of hydrogen-bond donors (Lipinski definition) is 1. The topological polar surface area (TPSA) is 58.6 Å². The fourth-order valence-electron chi connectivity index (χ4n) is 2.99. The SMILES string of the molecule is CC(=O)C(NC(=O)CN1CC2CCC(C1)O2)C(C)C. The highest BCUT2D eigenvalue weighted by molar-refractivity contribution is 5.88. The zero-order valence-electron chi connectivity index (χ0n) is 12.0. The number of Topliss-reactive ketones (excluding diaryl/α,β-unsaturated/α-hetero) is 1. The van der Waals surface area contributed by atoms with Crippen LogP contribution in [0, 0.1) is 5.92 Å². The van der Waals surface area contributed by atoms with Gasteiger partial charge >= 0.3 is 0 Å². The average Bonchev–Trinajstić information content (AvgIpc) is 2.65. The third kappa shape index (κ3) is 3.76. The number of morpholine rings is 1. The van der Waals surface area contributed by atoms with Crippen molar-refractivity contribution in [2.45, 2.75) is 51.9 Å². The van der Waals surface area contributed by atoms with Gasteiger partial charge in [-0.25, -0.2) is 0 Å². The zero-order valence-corrected chi connectivity index (χ0v) is 12.0. The van der Waals surface area contributed by atoms with Gasteiger partial charge in [0, 0.05) is 13.1 Å². The van der Waals surface area contributed by atoms with Crippen LogP contribution >= 0.6 is 0 Å². The molecule has 0 aromatic rings. The molecule has 0 aromatic heterocycles. The van der Waals surface area contributed by atoms with E-state index in [4.69, 9.17) is 4.74 Å². The molecule has 2 saturated heterocycles. The first-order valence-electron chi connectivity index (χ1n) is 7.13. The molecule has 19 heavy (non-hydrogen) atoms. The molecule has 1 N–H and O–H groups in total. The van der Waals surface area contributed by atoms with Crippen LogP contribution in [0.1, 0.15) is 33.6 Å². The van der Waals surface area contributed by atoms with Gasteiger partial charge in [0.2, 0.25) is 5.91 Å². The van der Waals surface area contributed by atoms with Gasteiger partial charge in [0.1, 0.15) is 0 Å². The smallest absolute Gasteiger partial charge is 0.234 e. The first kappa shape index (κ1) is 14.5. The summed E-state index contributed by atoms with van der Waals surface area (Å²) >= 11 is 0. The van der Waals surface area contributed by atoms with Gasteiger partial charge in [-0.15, -0.1) is 0 Å². The molecule has 3 unspecified atom stereocenters. The molecule has 2 rings (SSSR count). The summed E-state index contributed by atoms with van der Waals surface area (Å²) in [6.07, 6.45) is 2.79. The maximum absolute atomic E-state index is 12.0. The molecule has 108 valence electrons. The van der Waals surface area contributed by atoms with E-state index in [9.17, 15) is 9.59 Å². The molecule has 3 atom stereocenters. The minimum atomic E-state index is -0.370. The Morgan fingerprint density at radius 2 is 1.84 bits per heavy atom. The van der Waals surface area contributed by atoms with Crippen LogP contribution in [0.2, 0.25) is 0 Å². The lowest BCUT2D eigenvalue weighted by molar-refractivity contribution is -0.130. The van der Waals surface area contributed by atoms with Crippen molar-refractivity contribution in [2.24, 2.45) is 5.92 Å². The fraction of sp³-hybridized carbons (Fsp3) is 0.857. The van der Waals surface area contributed by atoms with Crippen LogP contribution in [0.15, 0.2) is 0 Å². The number of hydrogen-bond acceptors (Lipinski definition) is 4. The van der Waals surface area contributed by atoms with Gasteiger partial charge in [-0.3, -0.25) is 14.5 Å². The molecule has 1 amide bonds. The van der Waals surface area contributed by atoms with Crippen molar-refractivity contribution in [2.75, 3.05) is 19.6 Å². The molecule has 0 aromatic carbocycles. The van der Waals surface area contributed by atoms with Crippen LogP contribution < -0.4 is 5.32 Å². The Kier molecular flexibility index (Phi) is 4.58. The van der Waals surface area contributed by atoms with E-state index < -0.39 is 0 Å². The monoisotopic (exact) mass is 268 g/mol. The summed E-state index contributed by atoms with van der Waals surface area (Å²) < 4.78 is 5.74. The summed E-state index contributed by atoms with van der Waals surface area (Å²) in [5.74, 6) is 0.0860. The molecule has 2 heterocycles. The lowest BCUT2D eigenvalue weighted by Gasteiger charge is -2.32. The minimum absolute atomic E-state index is 0.0189. The van der Waals surface area contributed by atoms with Crippen molar-refractivity contribution >= 4 is 11.7 Å². The van der Waals surface area contributed by atoms with Gasteiger partial charge in [0.25, 0.3) is 0 Å². The highest BCUT2D eigenvalue weighted by Gasteiger charge is 2.34. The van der Waals surface area contributed by atoms with Crippen molar-refractivity contribution in [1.29, 1.82) is 0 Å². The largest absolute Gasteiger partial charge is 0.372 e. The Morgan fingerprint density at radius 1 is 1.26 bits per heavy atom. The molecule has 2 bridgehead atoms. The summed E-state index contributed by atoms with van der Waals surface area (Å²) in [6.45, 7) is 7.45. The number of fused-ring (bicyclic) bond motifs is 2. The number of ether oxygens (including phenoxy) is 1. The van der Waals surface area contributed by atoms with Gasteiger partial charge < -0.3 is 10.1 Å². The van der Waals surface area contributed by atoms with Crippen LogP contribution in [-0.2, 0) is 14.3 Å². The summed E-state index contributed by atoms with van der Waals surface area (Å²) in [4.78, 5) is 25.6. The summed E-state index contributed by atoms with van der Waals surface area (Å²) in [6, 6.07) is -0.370. The fourth-order valence-corrected chi connectivity index (χ4v) is 2.99. The predicted octanol–water partition coefficient (Wildman–Crippen LogP) is 0.579. The maximum Gasteiger partial charge on any atom is 0.234 e. The second-order valence-corrected chi connectivity index (χ2v) is 6.05. The number of rotatable bonds is 5. The standard InChI is InChI=1S/C14H24N2O3/c1-9(2)14(10(3)17)15-13(18)8-16-6-11-4-5-12(7-16)19-11/h9,11-12,14H,4-8H2,1-3H3,(H,15,18). The first-order chi connectivity index (χ1) is 8.95. The lowest BCUT2D eigenvalue weighted by atomic mass is 10.0. The van der Waals surface area contributed by atoms with Gasteiger partial charge in [0.15, 0.2) is 5.78 Å². The molecule has 0 aliphatic carbocycles. The van der Waals surface area contributed by atoms with E-state index in [1.54, 1.807) is 0 Å². The molecular weight excluding hydrogens is 244 g/mol. The van der Waals surface area contributed by atoms with Crippen LogP contribution in [0.5, 0.6) is 0 Å². The number of amides is 1. The highest BCUT2D eigenvalue weighted by atomic mass is 16.5. The van der Waals surface area contributed by atoms with E-state index >= 15 is 0 Å². The molecule has 2 aliphatic rings. The third-order valence-electron chi connectivity index (χ3n) is 3.91. The van der Waals surface area contributed by atoms with Crippen molar-refractivity contribution in [3.8, 4) is 0 Å². The Balaban J connectivity index is 1.82. The average molecular weight is 268 g/mol. The van der Waals surface area contributed by atoms with Crippen molar-refractivity contribution in [1.82, 2.24) is 10.2 Å². The molecule has 2 aliphatic heterocycles. The molecular formula is C14H24N2O3. The van der Waals surface area contributed by atoms with E-state index in [2.05, 4.69) is 10.2 Å². The summed E-state index contributed by atoms with van der Waals surface area (Å²) in [5.41, 5.74) is 0. The number of nitrogens with zero attached hydrogens (tertiary/aromatic N) is 1. The van der Waals surface area contributed by atoms with Gasteiger partial charge in [-0.05, 0) is 25.7 Å². The van der Waals surface area contributed by atoms with Crippen molar-refractivity contribution in [3.05, 3.63) is 0 Å². The third-order valence-corrected chi connectivity index (χ3v) is 3.91. The highest BCUT2D eigenvalue weighted by Crippen LogP contribution is 2.25. The Morgan fingerprint density at radius 3 is 2.32 bits per heavy atom. The van der Waals surface area contributed by atoms with E-state index in [0.29, 0.717) is 18.8 Å². The van der Waals surface area contributed by atoms with E-state index in [1.165, 1.54) is 6.92 Å². The zero-order chi connectivity index (χ0) is 14.0. The Bertz CT molecular complexity index is 345. The van der Waals surface area contributed by atoms with Crippen molar-refractivity contribution in [3.63, 3.8) is 0 Å². The quantitative estimate of drug-likeness (QED) is 0.792. The summed E-state index contributed by atoms with van der Waals surface area (Å²) in [7, 11) is 0. The maximum atomic E-state index is 12.0. The summed E-state index contributed by atoms with van der Waals surface area (Å²) in [5, 5.41) is 2.84. The normalized spacial score (nSPS) is 28.4. The van der Waals surface area contributed by atoms with E-state index in [0.717, 1.165) is 25.9 Å². The van der Waals surface area contributed by atoms with E-state index in [1.807, 2.05) is 13.8 Å². The molecule has 5 heteroatoms. The van der Waals surface area contributed by atoms with Gasteiger partial charge in [-0.2, -0.15) is 0 Å². The molecule has 0 spiro atoms. The molecule has 0 saturated carbocycles. The second-order valence-electron chi connectivity index (χ2n) is 6.05. The van der Waals surface area contributed by atoms with Crippen LogP contribution in [0.3, 0.4) is 0 Å². The predicted molar refractivity (Wildman–Crippen MR) is 71.8 cm³/mol. The Hall–Kier alpha value is -0.940. The number of nitrogens with one attached hydrogen (secondary N) is 1. The number of carbonyl (C=O) groups is 2. The van der Waals surface area contributed by atoms with Gasteiger partial charge in [-0.1, -0.05) is 13.8 Å². The second kappa shape index (κ2) is 6.01. The lowest BCUT2D eigenvalue weighted by Crippen LogP contribution is -2.51. The van der Waals surface area contributed by atoms with Crippen molar-refractivity contribution < 1.29 is 14.3 Å².